The van der Waals surface area contributed by atoms with Gasteiger partial charge in [0.2, 0.25) is 0 Å². The Morgan fingerprint density at radius 2 is 2.17 bits per heavy atom. The first kappa shape index (κ1) is 11.8. The molecule has 72 valence electrons. The molecule has 0 aromatic rings. The molecule has 0 aromatic carbocycles. The summed E-state index contributed by atoms with van der Waals surface area (Å²) in [5, 5.41) is -0.127. The van der Waals surface area contributed by atoms with Crippen molar-refractivity contribution in [2.45, 2.75) is 31.6 Å². The van der Waals surface area contributed by atoms with E-state index in [1.165, 1.54) is 18.9 Å². The summed E-state index contributed by atoms with van der Waals surface area (Å²) in [6, 6.07) is 0. The third-order valence-corrected chi connectivity index (χ3v) is 2.84. The number of ether oxygens (including phenoxy) is 1. The molecule has 0 radical (unpaired) electrons. The average molecular weight is 191 g/mol. The van der Waals surface area contributed by atoms with Crippen molar-refractivity contribution in [1.29, 1.82) is 0 Å². The van der Waals surface area contributed by atoms with Crippen LogP contribution < -0.4 is 5.73 Å². The normalized spacial score (nSPS) is 14.1. The standard InChI is InChI=1S/C8H17NO2S/c1-6(7(10)11-4)12-5-8(2,3)9/h6H,5,9H2,1-4H3. The molecule has 2 N–H and O–H groups in total. The van der Waals surface area contributed by atoms with Gasteiger partial charge in [0, 0.05) is 11.3 Å². The number of carbonyl (C=O) groups is 1. The van der Waals surface area contributed by atoms with Crippen molar-refractivity contribution in [1.82, 2.24) is 0 Å². The highest BCUT2D eigenvalue weighted by Crippen LogP contribution is 2.16. The second-order valence-corrected chi connectivity index (χ2v) is 4.79. The van der Waals surface area contributed by atoms with Gasteiger partial charge in [-0.05, 0) is 20.8 Å². The number of thioether (sulfide) groups is 1. The molecule has 0 saturated carbocycles. The van der Waals surface area contributed by atoms with Gasteiger partial charge in [-0.15, -0.1) is 11.8 Å². The lowest BCUT2D eigenvalue weighted by atomic mass is 10.1. The Bertz CT molecular complexity index is 154. The second kappa shape index (κ2) is 4.72. The molecule has 1 unspecified atom stereocenters. The Morgan fingerprint density at radius 1 is 1.67 bits per heavy atom. The summed E-state index contributed by atoms with van der Waals surface area (Å²) in [6.07, 6.45) is 0. The van der Waals surface area contributed by atoms with E-state index in [1.54, 1.807) is 0 Å². The lowest BCUT2D eigenvalue weighted by molar-refractivity contribution is -0.139. The van der Waals surface area contributed by atoms with E-state index >= 15 is 0 Å². The van der Waals surface area contributed by atoms with E-state index in [0.717, 1.165) is 5.75 Å². The van der Waals surface area contributed by atoms with Gasteiger partial charge in [-0.1, -0.05) is 0 Å². The maximum atomic E-state index is 10.9. The van der Waals surface area contributed by atoms with Crippen LogP contribution in [0.15, 0.2) is 0 Å². The van der Waals surface area contributed by atoms with Crippen LogP contribution in [0.3, 0.4) is 0 Å². The Balaban J connectivity index is 3.72. The first-order chi connectivity index (χ1) is 5.37. The number of methoxy groups -OCH3 is 1. The third-order valence-electron chi connectivity index (χ3n) is 1.24. The van der Waals surface area contributed by atoms with Crippen LogP contribution in [0.4, 0.5) is 0 Å². The van der Waals surface area contributed by atoms with Gasteiger partial charge in [0.1, 0.15) is 0 Å². The quantitative estimate of drug-likeness (QED) is 0.674. The molecule has 12 heavy (non-hydrogen) atoms. The fourth-order valence-electron chi connectivity index (χ4n) is 0.574. The number of hydrogen-bond donors (Lipinski definition) is 1. The summed E-state index contributed by atoms with van der Waals surface area (Å²) >= 11 is 1.52. The van der Waals surface area contributed by atoms with Crippen molar-refractivity contribution in [2.75, 3.05) is 12.9 Å². The SMILES string of the molecule is COC(=O)C(C)SCC(C)(C)N. The maximum absolute atomic E-state index is 10.9. The minimum atomic E-state index is -0.229. The number of hydrogen-bond acceptors (Lipinski definition) is 4. The molecular formula is C8H17NO2S. The molecule has 0 aliphatic heterocycles. The molecule has 0 fully saturated rings. The summed E-state index contributed by atoms with van der Waals surface area (Å²) < 4.78 is 4.58. The van der Waals surface area contributed by atoms with Gasteiger partial charge >= 0.3 is 5.97 Å². The van der Waals surface area contributed by atoms with Crippen LogP contribution in [0.25, 0.3) is 0 Å². The van der Waals surface area contributed by atoms with Gasteiger partial charge < -0.3 is 10.5 Å². The summed E-state index contributed by atoms with van der Waals surface area (Å²) in [6.45, 7) is 5.69. The van der Waals surface area contributed by atoms with E-state index < -0.39 is 0 Å². The van der Waals surface area contributed by atoms with E-state index in [1.807, 2.05) is 20.8 Å². The van der Waals surface area contributed by atoms with Gasteiger partial charge in [0.05, 0.1) is 12.4 Å². The number of rotatable bonds is 4. The van der Waals surface area contributed by atoms with E-state index in [-0.39, 0.29) is 16.8 Å². The van der Waals surface area contributed by atoms with E-state index in [9.17, 15) is 4.79 Å². The monoisotopic (exact) mass is 191 g/mol. The van der Waals surface area contributed by atoms with Crippen LogP contribution in [0, 0.1) is 0 Å². The summed E-state index contributed by atoms with van der Waals surface area (Å²) in [4.78, 5) is 10.9. The largest absolute Gasteiger partial charge is 0.468 e. The van der Waals surface area contributed by atoms with Crippen molar-refractivity contribution in [3.63, 3.8) is 0 Å². The van der Waals surface area contributed by atoms with Gasteiger partial charge in [-0.3, -0.25) is 4.79 Å². The molecule has 4 heteroatoms. The zero-order chi connectivity index (χ0) is 9.78. The van der Waals surface area contributed by atoms with Gasteiger partial charge in [0.15, 0.2) is 0 Å². The van der Waals surface area contributed by atoms with Crippen molar-refractivity contribution < 1.29 is 9.53 Å². The van der Waals surface area contributed by atoms with Crippen molar-refractivity contribution >= 4 is 17.7 Å². The molecule has 0 aliphatic rings. The average Bonchev–Trinajstić information content (AvgIpc) is 1.97. The van der Waals surface area contributed by atoms with Crippen LogP contribution >= 0.6 is 11.8 Å². The molecule has 0 amide bonds. The number of nitrogens with two attached hydrogens (primary N) is 1. The van der Waals surface area contributed by atoms with E-state index in [4.69, 9.17) is 5.73 Å². The molecule has 0 aliphatic carbocycles. The summed E-state index contributed by atoms with van der Waals surface area (Å²) in [7, 11) is 1.40. The predicted molar refractivity (Wildman–Crippen MR) is 52.2 cm³/mol. The zero-order valence-electron chi connectivity index (χ0n) is 8.09. The van der Waals surface area contributed by atoms with Crippen molar-refractivity contribution in [3.05, 3.63) is 0 Å². The highest BCUT2D eigenvalue weighted by molar-refractivity contribution is 8.00. The van der Waals surface area contributed by atoms with E-state index in [2.05, 4.69) is 4.74 Å². The Hall–Kier alpha value is -0.220. The Kier molecular flexibility index (Phi) is 4.63. The minimum Gasteiger partial charge on any atom is -0.468 e. The van der Waals surface area contributed by atoms with Crippen LogP contribution in [0.5, 0.6) is 0 Å². The maximum Gasteiger partial charge on any atom is 0.318 e. The number of carbonyl (C=O) groups excluding carboxylic acids is 1. The molecule has 0 aromatic heterocycles. The first-order valence-corrected chi connectivity index (χ1v) is 4.90. The van der Waals surface area contributed by atoms with Gasteiger partial charge in [0.25, 0.3) is 0 Å². The van der Waals surface area contributed by atoms with Crippen LogP contribution in [-0.4, -0.2) is 29.6 Å². The molecule has 0 rings (SSSR count). The highest BCUT2D eigenvalue weighted by atomic mass is 32.2. The van der Waals surface area contributed by atoms with Crippen LogP contribution in [0.2, 0.25) is 0 Å². The minimum absolute atomic E-state index is 0.127. The Morgan fingerprint density at radius 3 is 2.50 bits per heavy atom. The topological polar surface area (TPSA) is 52.3 Å². The molecule has 0 bridgehead atoms. The fourth-order valence-corrected chi connectivity index (χ4v) is 1.49. The molecule has 0 spiro atoms. The summed E-state index contributed by atoms with van der Waals surface area (Å²) in [5.74, 6) is 0.563. The number of esters is 1. The molecular weight excluding hydrogens is 174 g/mol. The zero-order valence-corrected chi connectivity index (χ0v) is 8.90. The van der Waals surface area contributed by atoms with Crippen LogP contribution in [0.1, 0.15) is 20.8 Å². The molecule has 1 atom stereocenters. The smallest absolute Gasteiger partial charge is 0.318 e. The van der Waals surface area contributed by atoms with Crippen LogP contribution in [-0.2, 0) is 9.53 Å². The molecule has 0 saturated heterocycles. The first-order valence-electron chi connectivity index (χ1n) is 3.85. The third kappa shape index (κ3) is 5.43. The van der Waals surface area contributed by atoms with Gasteiger partial charge in [-0.25, -0.2) is 0 Å². The molecule has 3 nitrogen and oxygen atoms in total. The van der Waals surface area contributed by atoms with Crippen molar-refractivity contribution in [2.24, 2.45) is 5.73 Å². The second-order valence-electron chi connectivity index (χ2n) is 3.46. The highest BCUT2D eigenvalue weighted by Gasteiger charge is 2.18. The lowest BCUT2D eigenvalue weighted by Crippen LogP contribution is -2.36. The summed E-state index contributed by atoms with van der Waals surface area (Å²) in [5.41, 5.74) is 5.52. The van der Waals surface area contributed by atoms with Gasteiger partial charge in [-0.2, -0.15) is 0 Å². The molecule has 0 heterocycles. The fraction of sp³-hybridized carbons (Fsp3) is 0.875. The van der Waals surface area contributed by atoms with E-state index in [0.29, 0.717) is 0 Å². The predicted octanol–water partition coefficient (Wildman–Crippen LogP) is 1.02. The Labute approximate surface area is 78.0 Å². The lowest BCUT2D eigenvalue weighted by Gasteiger charge is -2.19. The van der Waals surface area contributed by atoms with Crippen molar-refractivity contribution in [3.8, 4) is 0 Å².